The number of anilines is 1. The van der Waals surface area contributed by atoms with E-state index >= 15 is 0 Å². The third-order valence-corrected chi connectivity index (χ3v) is 6.04. The van der Waals surface area contributed by atoms with E-state index in [-0.39, 0.29) is 34.5 Å². The molecule has 0 unspecified atom stereocenters. The zero-order valence-corrected chi connectivity index (χ0v) is 15.3. The number of aromatic nitrogens is 1. The number of methoxy groups -OCH3 is 1. The molecule has 0 aliphatic carbocycles. The van der Waals surface area contributed by atoms with Gasteiger partial charge in [-0.1, -0.05) is 11.6 Å². The van der Waals surface area contributed by atoms with Crippen LogP contribution in [0.3, 0.4) is 0 Å². The summed E-state index contributed by atoms with van der Waals surface area (Å²) in [6, 6.07) is 4.97. The fourth-order valence-corrected chi connectivity index (χ4v) is 4.62. The smallest absolute Gasteiger partial charge is 0.247 e. The number of ether oxygens (including phenoxy) is 2. The molecule has 0 fully saturated rings. The minimum Gasteiger partial charge on any atom is -0.437 e. The molecular weight excluding hydrogens is 390 g/mol. The molecule has 1 aliphatic rings. The predicted molar refractivity (Wildman–Crippen MR) is 91.8 cm³/mol. The van der Waals surface area contributed by atoms with E-state index in [0.717, 1.165) is 12.1 Å². The highest BCUT2D eigenvalue weighted by molar-refractivity contribution is 7.91. The van der Waals surface area contributed by atoms with E-state index in [4.69, 9.17) is 21.1 Å². The number of hydrogen-bond acceptors (Lipinski definition) is 6. The average molecular weight is 405 g/mol. The number of pyridine rings is 1. The molecule has 0 amide bonds. The molecule has 0 N–H and O–H groups in total. The van der Waals surface area contributed by atoms with E-state index in [1.54, 1.807) is 4.90 Å². The number of benzene rings is 1. The maximum atomic E-state index is 14.2. The fourth-order valence-electron chi connectivity index (χ4n) is 2.60. The topological polar surface area (TPSA) is 68.7 Å². The first-order chi connectivity index (χ1) is 12.3. The predicted octanol–water partition coefficient (Wildman–Crippen LogP) is 3.05. The van der Waals surface area contributed by atoms with Crippen LogP contribution >= 0.6 is 11.6 Å². The molecule has 0 saturated carbocycles. The summed E-state index contributed by atoms with van der Waals surface area (Å²) in [5, 5.41) is -0.575. The van der Waals surface area contributed by atoms with Crippen molar-refractivity contribution in [2.24, 2.45) is 0 Å². The van der Waals surface area contributed by atoms with Crippen LogP contribution in [0.4, 0.5) is 14.5 Å². The van der Waals surface area contributed by atoms with Crippen molar-refractivity contribution in [3.8, 4) is 11.6 Å². The molecule has 1 aromatic carbocycles. The summed E-state index contributed by atoms with van der Waals surface area (Å²) in [5.74, 6) is -1.92. The molecule has 10 heteroatoms. The Bertz CT molecular complexity index is 923. The molecule has 2 heterocycles. The van der Waals surface area contributed by atoms with Gasteiger partial charge in [-0.15, -0.1) is 0 Å². The molecule has 2 aromatic rings. The summed E-state index contributed by atoms with van der Waals surface area (Å²) in [6.45, 7) is 0.801. The van der Waals surface area contributed by atoms with Crippen LogP contribution in [0.25, 0.3) is 0 Å². The summed E-state index contributed by atoms with van der Waals surface area (Å²) in [7, 11) is -2.30. The summed E-state index contributed by atoms with van der Waals surface area (Å²) in [6.07, 6.45) is 0. The number of sulfone groups is 1. The third-order valence-electron chi connectivity index (χ3n) is 3.85. The van der Waals surface area contributed by atoms with Gasteiger partial charge in [0.05, 0.1) is 12.4 Å². The van der Waals surface area contributed by atoms with Gasteiger partial charge in [-0.2, -0.15) is 9.37 Å². The van der Waals surface area contributed by atoms with Crippen LogP contribution in [0.2, 0.25) is 5.02 Å². The summed E-state index contributed by atoms with van der Waals surface area (Å²) in [5.41, 5.74) is 0.0732. The van der Waals surface area contributed by atoms with Crippen LogP contribution in [0.15, 0.2) is 29.2 Å². The third kappa shape index (κ3) is 3.60. The molecule has 3 rings (SSSR count). The van der Waals surface area contributed by atoms with E-state index in [0.29, 0.717) is 13.2 Å². The number of rotatable bonds is 5. The van der Waals surface area contributed by atoms with Crippen molar-refractivity contribution in [1.29, 1.82) is 0 Å². The first kappa shape index (κ1) is 18.8. The Labute approximate surface area is 154 Å². The summed E-state index contributed by atoms with van der Waals surface area (Å²) >= 11 is 5.91. The van der Waals surface area contributed by atoms with E-state index in [1.165, 1.54) is 19.2 Å². The van der Waals surface area contributed by atoms with Gasteiger partial charge in [-0.3, -0.25) is 0 Å². The van der Waals surface area contributed by atoms with E-state index < -0.39 is 26.6 Å². The van der Waals surface area contributed by atoms with Crippen LogP contribution in [0, 0.1) is 11.8 Å². The Balaban J connectivity index is 2.15. The molecule has 26 heavy (non-hydrogen) atoms. The highest BCUT2D eigenvalue weighted by Gasteiger charge is 2.36. The lowest BCUT2D eigenvalue weighted by atomic mass is 10.3. The van der Waals surface area contributed by atoms with Crippen LogP contribution in [-0.4, -0.2) is 46.0 Å². The Morgan fingerprint density at radius 3 is 2.62 bits per heavy atom. The van der Waals surface area contributed by atoms with Crippen molar-refractivity contribution in [2.75, 3.05) is 37.5 Å². The van der Waals surface area contributed by atoms with Crippen molar-refractivity contribution in [2.45, 2.75) is 4.90 Å². The molecule has 6 nitrogen and oxygen atoms in total. The van der Waals surface area contributed by atoms with Gasteiger partial charge in [-0.25, -0.2) is 12.8 Å². The largest absolute Gasteiger partial charge is 0.437 e. The van der Waals surface area contributed by atoms with Crippen LogP contribution in [0.5, 0.6) is 11.6 Å². The molecule has 0 bridgehead atoms. The quantitative estimate of drug-likeness (QED) is 0.713. The van der Waals surface area contributed by atoms with Gasteiger partial charge in [-0.05, 0) is 24.3 Å². The molecular formula is C16H15ClF2N2O4S. The van der Waals surface area contributed by atoms with Gasteiger partial charge in [0.15, 0.2) is 9.84 Å². The second kappa shape index (κ2) is 7.34. The monoisotopic (exact) mass is 404 g/mol. The second-order valence-electron chi connectivity index (χ2n) is 5.55. The van der Waals surface area contributed by atoms with Gasteiger partial charge in [0.25, 0.3) is 0 Å². The fraction of sp³-hybridized carbons (Fsp3) is 0.312. The highest BCUT2D eigenvalue weighted by Crippen LogP contribution is 2.43. The highest BCUT2D eigenvalue weighted by atomic mass is 35.5. The zero-order chi connectivity index (χ0) is 18.9. The maximum Gasteiger partial charge on any atom is 0.247 e. The number of nitrogens with zero attached hydrogens (tertiary/aromatic N) is 2. The lowest BCUT2D eigenvalue weighted by molar-refractivity contribution is 0.205. The summed E-state index contributed by atoms with van der Waals surface area (Å²) < 4.78 is 62.8. The number of halogens is 3. The number of hydrogen-bond donors (Lipinski definition) is 0. The first-order valence-electron chi connectivity index (χ1n) is 7.62. The minimum atomic E-state index is -3.81. The van der Waals surface area contributed by atoms with Crippen LogP contribution in [0.1, 0.15) is 0 Å². The standard InChI is InChI=1S/C16H15ClF2N2O4S/c1-24-8-6-21-7-9-26(22,23)14-12(17)15(19)20-16(13(14)21)25-11-4-2-10(18)3-5-11/h2-5H,6-9H2,1H3. The van der Waals surface area contributed by atoms with Gasteiger partial charge in [0.1, 0.15) is 27.2 Å². The number of fused-ring (bicyclic) bond motifs is 1. The van der Waals surface area contributed by atoms with Gasteiger partial charge in [0, 0.05) is 20.2 Å². The van der Waals surface area contributed by atoms with Crippen molar-refractivity contribution in [3.05, 3.63) is 41.1 Å². The Morgan fingerprint density at radius 1 is 1.27 bits per heavy atom. The molecule has 1 aliphatic heterocycles. The molecule has 140 valence electrons. The molecule has 0 spiro atoms. The molecule has 0 radical (unpaired) electrons. The zero-order valence-electron chi connectivity index (χ0n) is 13.7. The van der Waals surface area contributed by atoms with E-state index in [1.807, 2.05) is 0 Å². The maximum absolute atomic E-state index is 14.2. The van der Waals surface area contributed by atoms with Crippen molar-refractivity contribution in [1.82, 2.24) is 4.98 Å². The average Bonchev–Trinajstić information content (AvgIpc) is 2.59. The molecule has 0 atom stereocenters. The lowest BCUT2D eigenvalue weighted by Gasteiger charge is -2.32. The Kier molecular flexibility index (Phi) is 5.31. The normalized spacial score (nSPS) is 15.6. The van der Waals surface area contributed by atoms with Crippen molar-refractivity contribution in [3.63, 3.8) is 0 Å². The van der Waals surface area contributed by atoms with E-state index in [9.17, 15) is 17.2 Å². The lowest BCUT2D eigenvalue weighted by Crippen LogP contribution is -2.38. The van der Waals surface area contributed by atoms with Gasteiger partial charge >= 0.3 is 0 Å². The summed E-state index contributed by atoms with van der Waals surface area (Å²) in [4.78, 5) is 4.97. The molecule has 0 saturated heterocycles. The molecule has 1 aromatic heterocycles. The first-order valence-corrected chi connectivity index (χ1v) is 9.65. The Morgan fingerprint density at radius 2 is 1.96 bits per heavy atom. The van der Waals surface area contributed by atoms with Crippen LogP contribution < -0.4 is 9.64 Å². The van der Waals surface area contributed by atoms with E-state index in [2.05, 4.69) is 4.98 Å². The van der Waals surface area contributed by atoms with Crippen LogP contribution in [-0.2, 0) is 14.6 Å². The Hall–Kier alpha value is -1.97. The van der Waals surface area contributed by atoms with Crippen molar-refractivity contribution >= 4 is 27.1 Å². The van der Waals surface area contributed by atoms with Crippen molar-refractivity contribution < 1.29 is 26.7 Å². The minimum absolute atomic E-state index is 0.0732. The second-order valence-corrected chi connectivity index (χ2v) is 7.98. The SMILES string of the molecule is COCCN1CCS(=O)(=O)c2c(Cl)c(F)nc(Oc3ccc(F)cc3)c21. The van der Waals surface area contributed by atoms with Gasteiger partial charge in [0.2, 0.25) is 11.8 Å². The van der Waals surface area contributed by atoms with Gasteiger partial charge < -0.3 is 14.4 Å².